The van der Waals surface area contributed by atoms with Gasteiger partial charge in [0.2, 0.25) is 11.8 Å². The predicted molar refractivity (Wildman–Crippen MR) is 113 cm³/mol. The molecule has 0 spiro atoms. The fourth-order valence-corrected chi connectivity index (χ4v) is 4.01. The molecule has 8 nitrogen and oxygen atoms in total. The van der Waals surface area contributed by atoms with E-state index >= 15 is 0 Å². The molecule has 1 amide bonds. The third-order valence-corrected chi connectivity index (χ3v) is 6.07. The van der Waals surface area contributed by atoms with Crippen molar-refractivity contribution in [3.8, 4) is 5.69 Å². The molecule has 1 aromatic carbocycles. The summed E-state index contributed by atoms with van der Waals surface area (Å²) in [5, 5.41) is 16.0. The highest BCUT2D eigenvalue weighted by molar-refractivity contribution is 7.99. The lowest BCUT2D eigenvalue weighted by Crippen LogP contribution is -2.33. The van der Waals surface area contributed by atoms with Crippen LogP contribution in [0.4, 0.5) is 0 Å². The zero-order chi connectivity index (χ0) is 21.1. The molecule has 1 aliphatic carbocycles. The first kappa shape index (κ1) is 20.6. The van der Waals surface area contributed by atoms with Crippen LogP contribution in [-0.4, -0.2) is 36.6 Å². The molecule has 2 aromatic heterocycles. The van der Waals surface area contributed by atoms with Crippen molar-refractivity contribution in [2.45, 2.75) is 57.1 Å². The summed E-state index contributed by atoms with van der Waals surface area (Å²) in [6.07, 6.45) is 4.80. The number of para-hydroxylation sites is 1. The Balaban J connectivity index is 1.41. The molecule has 2 heterocycles. The molecule has 1 N–H and O–H groups in total. The van der Waals surface area contributed by atoms with Crippen molar-refractivity contribution >= 4 is 17.7 Å². The van der Waals surface area contributed by atoms with Crippen molar-refractivity contribution in [3.63, 3.8) is 0 Å². The molecule has 0 saturated heterocycles. The van der Waals surface area contributed by atoms with Crippen molar-refractivity contribution in [1.29, 1.82) is 0 Å². The van der Waals surface area contributed by atoms with E-state index < -0.39 is 0 Å². The first-order valence-electron chi connectivity index (χ1n) is 10.3. The van der Waals surface area contributed by atoms with Crippen LogP contribution in [0.2, 0.25) is 0 Å². The van der Waals surface area contributed by atoms with E-state index in [9.17, 15) is 4.79 Å². The number of aryl methyl sites for hydroxylation is 1. The summed E-state index contributed by atoms with van der Waals surface area (Å²) in [4.78, 5) is 17.2. The summed E-state index contributed by atoms with van der Waals surface area (Å²) < 4.78 is 7.36. The second-order valence-electron chi connectivity index (χ2n) is 7.81. The number of carbonyl (C=O) groups excluding carboxylic acids is 1. The van der Waals surface area contributed by atoms with Crippen molar-refractivity contribution in [2.24, 2.45) is 5.92 Å². The molecule has 1 fully saturated rings. The van der Waals surface area contributed by atoms with E-state index in [1.807, 2.05) is 36.6 Å². The summed E-state index contributed by atoms with van der Waals surface area (Å²) in [6.45, 7) is 6.16. The Hall–Kier alpha value is -2.68. The maximum atomic E-state index is 12.7. The van der Waals surface area contributed by atoms with E-state index in [0.29, 0.717) is 17.0 Å². The molecule has 1 atom stereocenters. The molecule has 4 rings (SSSR count). The van der Waals surface area contributed by atoms with Crippen molar-refractivity contribution in [1.82, 2.24) is 30.2 Å². The van der Waals surface area contributed by atoms with Gasteiger partial charge in [-0.3, -0.25) is 9.36 Å². The van der Waals surface area contributed by atoms with Crippen LogP contribution in [-0.2, 0) is 11.2 Å². The normalized spacial score (nSPS) is 14.8. The Labute approximate surface area is 179 Å². The average molecular weight is 427 g/mol. The van der Waals surface area contributed by atoms with Gasteiger partial charge in [-0.15, -0.1) is 10.2 Å². The lowest BCUT2D eigenvalue weighted by atomic mass is 10.0. The van der Waals surface area contributed by atoms with Crippen LogP contribution in [0.3, 0.4) is 0 Å². The number of benzene rings is 1. The minimum atomic E-state index is -0.309. The smallest absolute Gasteiger partial charge is 0.249 e. The zero-order valence-electron chi connectivity index (χ0n) is 17.4. The Morgan fingerprint density at radius 3 is 2.87 bits per heavy atom. The van der Waals surface area contributed by atoms with E-state index in [2.05, 4.69) is 38.6 Å². The maximum absolute atomic E-state index is 12.7. The third kappa shape index (κ3) is 4.56. The quantitative estimate of drug-likeness (QED) is 0.521. The number of amides is 1. The van der Waals surface area contributed by atoms with Gasteiger partial charge in [0.05, 0.1) is 11.4 Å². The second kappa shape index (κ2) is 8.99. The number of hydrogen-bond acceptors (Lipinski definition) is 7. The highest BCUT2D eigenvalue weighted by Gasteiger charge is 2.31. The van der Waals surface area contributed by atoms with Crippen LogP contribution >= 0.6 is 11.8 Å². The van der Waals surface area contributed by atoms with E-state index in [1.165, 1.54) is 17.3 Å². The van der Waals surface area contributed by atoms with Gasteiger partial charge in [-0.2, -0.15) is 4.98 Å². The highest BCUT2D eigenvalue weighted by Crippen LogP contribution is 2.38. The van der Waals surface area contributed by atoms with Crippen LogP contribution in [0.25, 0.3) is 5.69 Å². The average Bonchev–Trinajstić information content (AvgIpc) is 3.30. The Bertz CT molecular complexity index is 1010. The first-order chi connectivity index (χ1) is 14.6. The molecule has 1 aliphatic rings. The van der Waals surface area contributed by atoms with E-state index in [4.69, 9.17) is 4.52 Å². The van der Waals surface area contributed by atoms with Crippen molar-refractivity contribution < 1.29 is 9.32 Å². The van der Waals surface area contributed by atoms with Gasteiger partial charge in [0.1, 0.15) is 12.4 Å². The fraction of sp³-hybridized carbons (Fsp3) is 0.476. The van der Waals surface area contributed by atoms with Crippen LogP contribution in [0.1, 0.15) is 62.9 Å². The second-order valence-corrected chi connectivity index (χ2v) is 8.75. The van der Waals surface area contributed by atoms with Gasteiger partial charge in [-0.05, 0) is 36.8 Å². The Morgan fingerprint density at radius 1 is 1.33 bits per heavy atom. The van der Waals surface area contributed by atoms with Crippen molar-refractivity contribution in [3.05, 3.63) is 47.9 Å². The number of aromatic nitrogens is 5. The number of thioether (sulfide) groups is 1. The van der Waals surface area contributed by atoms with Gasteiger partial charge in [-0.25, -0.2) is 0 Å². The predicted octanol–water partition coefficient (Wildman–Crippen LogP) is 3.70. The monoisotopic (exact) mass is 426 g/mol. The minimum Gasteiger partial charge on any atom is -0.343 e. The topological polar surface area (TPSA) is 98.7 Å². The van der Waals surface area contributed by atoms with Crippen molar-refractivity contribution in [2.75, 3.05) is 5.75 Å². The van der Waals surface area contributed by atoms with Gasteiger partial charge >= 0.3 is 0 Å². The van der Waals surface area contributed by atoms with Gasteiger partial charge in [0.25, 0.3) is 0 Å². The molecule has 0 radical (unpaired) electrons. The lowest BCUT2D eigenvalue weighted by molar-refractivity contribution is -0.119. The number of nitrogens with one attached hydrogen (secondary N) is 1. The zero-order valence-corrected chi connectivity index (χ0v) is 18.2. The van der Waals surface area contributed by atoms with E-state index in [-0.39, 0.29) is 23.6 Å². The number of carbonyl (C=O) groups is 1. The number of nitrogens with zero attached hydrogens (tertiary/aromatic N) is 5. The van der Waals surface area contributed by atoms with E-state index in [0.717, 1.165) is 30.8 Å². The van der Waals surface area contributed by atoms with Gasteiger partial charge < -0.3 is 9.84 Å². The Kier molecular flexibility index (Phi) is 6.17. The van der Waals surface area contributed by atoms with Gasteiger partial charge in [-0.1, -0.05) is 55.9 Å². The molecule has 0 bridgehead atoms. The summed E-state index contributed by atoms with van der Waals surface area (Å²) in [5.41, 5.74) is 2.23. The molecule has 158 valence electrons. The standard InChI is InChI=1S/C21H26N6O2S/c1-4-14-7-5-6-8-16(14)27-12-22-25-21(27)30-11-17(28)23-18(13(2)3)20-24-19(26-29-20)15-9-10-15/h5-8,12-13,15,18H,4,9-11H2,1-3H3,(H,23,28). The molecule has 30 heavy (non-hydrogen) atoms. The van der Waals surface area contributed by atoms with E-state index in [1.54, 1.807) is 6.33 Å². The number of rotatable bonds is 9. The minimum absolute atomic E-state index is 0.108. The maximum Gasteiger partial charge on any atom is 0.249 e. The molecule has 3 aromatic rings. The van der Waals surface area contributed by atoms with Crippen LogP contribution in [0.15, 0.2) is 40.3 Å². The molecular weight excluding hydrogens is 400 g/mol. The SMILES string of the molecule is CCc1ccccc1-n1cnnc1SCC(=O)NC(c1nc(C2CC2)no1)C(C)C. The Morgan fingerprint density at radius 2 is 2.13 bits per heavy atom. The number of hydrogen-bond donors (Lipinski definition) is 1. The summed E-state index contributed by atoms with van der Waals surface area (Å²) in [7, 11) is 0. The highest BCUT2D eigenvalue weighted by atomic mass is 32.2. The largest absolute Gasteiger partial charge is 0.343 e. The molecule has 9 heteroatoms. The summed E-state index contributed by atoms with van der Waals surface area (Å²) >= 11 is 1.36. The fourth-order valence-electron chi connectivity index (χ4n) is 3.27. The third-order valence-electron chi connectivity index (χ3n) is 5.13. The summed E-state index contributed by atoms with van der Waals surface area (Å²) in [6, 6.07) is 7.82. The van der Waals surface area contributed by atoms with Crippen LogP contribution in [0, 0.1) is 5.92 Å². The van der Waals surface area contributed by atoms with Crippen LogP contribution in [0.5, 0.6) is 0 Å². The van der Waals surface area contributed by atoms with Gasteiger partial charge in [0, 0.05) is 5.92 Å². The molecular formula is C21H26N6O2S. The van der Waals surface area contributed by atoms with Crippen LogP contribution < -0.4 is 5.32 Å². The lowest BCUT2D eigenvalue weighted by Gasteiger charge is -2.18. The molecule has 1 unspecified atom stereocenters. The van der Waals surface area contributed by atoms with Gasteiger partial charge in [0.15, 0.2) is 11.0 Å². The first-order valence-corrected chi connectivity index (χ1v) is 11.3. The molecule has 0 aliphatic heterocycles. The molecule has 1 saturated carbocycles. The summed E-state index contributed by atoms with van der Waals surface area (Å²) in [5.74, 6) is 1.89.